The van der Waals surface area contributed by atoms with Gasteiger partial charge in [-0.3, -0.25) is 0 Å². The van der Waals surface area contributed by atoms with Crippen LogP contribution in [0.15, 0.2) is 121 Å². The van der Waals surface area contributed by atoms with E-state index in [4.69, 9.17) is 30.1 Å². The summed E-state index contributed by atoms with van der Waals surface area (Å²) in [5, 5.41) is 0. The van der Waals surface area contributed by atoms with Crippen LogP contribution in [0, 0.1) is 12.3 Å². The minimum Gasteiger partial charge on any atom is -0.374 e. The molecule has 5 heteroatoms. The Labute approximate surface area is 243 Å². The average Bonchev–Trinajstić information content (AvgIpc) is 3.04. The van der Waals surface area contributed by atoms with Crippen molar-refractivity contribution in [3.05, 3.63) is 144 Å². The summed E-state index contributed by atoms with van der Waals surface area (Å²) in [7, 11) is 0. The minimum absolute atomic E-state index is 0.295. The van der Waals surface area contributed by atoms with Crippen molar-refractivity contribution in [2.75, 3.05) is 6.61 Å². The Morgan fingerprint density at radius 2 is 0.902 bits per heavy atom. The van der Waals surface area contributed by atoms with Gasteiger partial charge in [0.2, 0.25) is 0 Å². The first-order valence-corrected chi connectivity index (χ1v) is 14.0. The van der Waals surface area contributed by atoms with Crippen LogP contribution in [0.25, 0.3) is 0 Å². The van der Waals surface area contributed by atoms with Crippen LogP contribution in [0.2, 0.25) is 0 Å². The molecule has 0 bridgehead atoms. The molecule has 41 heavy (non-hydrogen) atoms. The smallest absolute Gasteiger partial charge is 0.147 e. The van der Waals surface area contributed by atoms with E-state index in [9.17, 15) is 0 Å². The molecule has 0 spiro atoms. The zero-order valence-corrected chi connectivity index (χ0v) is 23.1. The molecule has 5 atom stereocenters. The van der Waals surface area contributed by atoms with Crippen LogP contribution in [0.1, 0.15) is 22.3 Å². The van der Waals surface area contributed by atoms with Gasteiger partial charge in [-0.25, -0.2) is 0 Å². The number of hydrogen-bond donors (Lipinski definition) is 0. The topological polar surface area (TPSA) is 46.2 Å². The molecule has 210 valence electrons. The zero-order valence-electron chi connectivity index (χ0n) is 23.1. The zero-order chi connectivity index (χ0) is 28.1. The highest BCUT2D eigenvalue weighted by molar-refractivity contribution is 5.17. The van der Waals surface area contributed by atoms with Crippen LogP contribution in [0.5, 0.6) is 0 Å². The summed E-state index contributed by atoms with van der Waals surface area (Å²) in [5.41, 5.74) is 4.23. The lowest BCUT2D eigenvalue weighted by atomic mass is 9.94. The molecular formula is C36H36O5. The van der Waals surface area contributed by atoms with Crippen LogP contribution < -0.4 is 0 Å². The molecule has 4 aromatic rings. The van der Waals surface area contributed by atoms with Crippen molar-refractivity contribution in [2.24, 2.45) is 0 Å². The second-order valence-corrected chi connectivity index (χ2v) is 10.0. The number of hydrogen-bond acceptors (Lipinski definition) is 5. The summed E-state index contributed by atoms with van der Waals surface area (Å²) >= 11 is 0. The summed E-state index contributed by atoms with van der Waals surface area (Å²) in [5.74, 6) is 2.81. The molecule has 1 unspecified atom stereocenters. The molecule has 1 heterocycles. The third-order valence-corrected chi connectivity index (χ3v) is 7.05. The highest BCUT2D eigenvalue weighted by Crippen LogP contribution is 2.31. The molecule has 1 fully saturated rings. The Morgan fingerprint density at radius 1 is 0.512 bits per heavy atom. The van der Waals surface area contributed by atoms with Gasteiger partial charge < -0.3 is 23.7 Å². The number of benzene rings is 4. The predicted molar refractivity (Wildman–Crippen MR) is 159 cm³/mol. The Morgan fingerprint density at radius 3 is 1.34 bits per heavy atom. The molecule has 1 aliphatic rings. The molecule has 1 saturated heterocycles. The summed E-state index contributed by atoms with van der Waals surface area (Å²) in [6, 6.07) is 40.2. The second kappa shape index (κ2) is 15.3. The molecule has 0 N–H and O–H groups in total. The summed E-state index contributed by atoms with van der Waals surface area (Å²) < 4.78 is 32.3. The Hall–Kier alpha value is -3.76. The van der Waals surface area contributed by atoms with Crippen LogP contribution >= 0.6 is 0 Å². The minimum atomic E-state index is -0.638. The van der Waals surface area contributed by atoms with Crippen molar-refractivity contribution in [3.8, 4) is 12.3 Å². The van der Waals surface area contributed by atoms with Crippen LogP contribution in [-0.4, -0.2) is 37.1 Å². The Balaban J connectivity index is 1.39. The van der Waals surface area contributed by atoms with E-state index < -0.39 is 30.5 Å². The third kappa shape index (κ3) is 8.37. The average molecular weight is 549 g/mol. The number of ether oxygens (including phenoxy) is 5. The maximum atomic E-state index is 6.62. The van der Waals surface area contributed by atoms with Gasteiger partial charge in [-0.1, -0.05) is 127 Å². The molecule has 0 amide bonds. The fourth-order valence-electron chi connectivity index (χ4n) is 4.92. The molecule has 1 aliphatic heterocycles. The van der Waals surface area contributed by atoms with Gasteiger partial charge in [-0.15, -0.1) is 6.42 Å². The molecule has 0 radical (unpaired) electrons. The van der Waals surface area contributed by atoms with Gasteiger partial charge in [0.25, 0.3) is 0 Å². The van der Waals surface area contributed by atoms with E-state index in [1.165, 1.54) is 0 Å². The first kappa shape index (κ1) is 28.8. The highest BCUT2D eigenvalue weighted by Gasteiger charge is 2.48. The van der Waals surface area contributed by atoms with Gasteiger partial charge in [0, 0.05) is 0 Å². The lowest BCUT2D eigenvalue weighted by Crippen LogP contribution is -2.60. The van der Waals surface area contributed by atoms with Gasteiger partial charge in [-0.05, 0) is 22.3 Å². The predicted octanol–water partition coefficient (Wildman–Crippen LogP) is 6.36. The Bertz CT molecular complexity index is 1320. The summed E-state index contributed by atoms with van der Waals surface area (Å²) in [4.78, 5) is 0. The SMILES string of the molecule is C#CC1O[C@H](COCc2ccccc2)[C@@H](OCc2ccccc2)[C@H](OCc2ccccc2)[C@H]1OCc1ccccc1. The second-order valence-electron chi connectivity index (χ2n) is 10.0. The molecule has 0 aliphatic carbocycles. The van der Waals surface area contributed by atoms with E-state index in [-0.39, 0.29) is 0 Å². The Kier molecular flexibility index (Phi) is 10.7. The van der Waals surface area contributed by atoms with Crippen molar-refractivity contribution in [1.82, 2.24) is 0 Å². The van der Waals surface area contributed by atoms with Crippen molar-refractivity contribution < 1.29 is 23.7 Å². The van der Waals surface area contributed by atoms with E-state index in [1.54, 1.807) is 0 Å². The van der Waals surface area contributed by atoms with Crippen LogP contribution in [-0.2, 0) is 50.1 Å². The summed E-state index contributed by atoms with van der Waals surface area (Å²) in [6.07, 6.45) is 3.41. The highest BCUT2D eigenvalue weighted by atomic mass is 16.6. The monoisotopic (exact) mass is 548 g/mol. The number of rotatable bonds is 13. The van der Waals surface area contributed by atoms with Crippen LogP contribution in [0.4, 0.5) is 0 Å². The van der Waals surface area contributed by atoms with Gasteiger partial charge in [0.1, 0.15) is 30.5 Å². The van der Waals surface area contributed by atoms with Crippen molar-refractivity contribution in [2.45, 2.75) is 56.9 Å². The maximum Gasteiger partial charge on any atom is 0.147 e. The molecule has 0 saturated carbocycles. The van der Waals surface area contributed by atoms with Gasteiger partial charge in [0.15, 0.2) is 0 Å². The van der Waals surface area contributed by atoms with E-state index in [0.29, 0.717) is 33.0 Å². The first-order valence-electron chi connectivity index (χ1n) is 14.0. The molecular weight excluding hydrogens is 512 g/mol. The molecule has 4 aromatic carbocycles. The third-order valence-electron chi connectivity index (χ3n) is 7.05. The lowest BCUT2D eigenvalue weighted by Gasteiger charge is -2.44. The van der Waals surface area contributed by atoms with Crippen molar-refractivity contribution in [3.63, 3.8) is 0 Å². The largest absolute Gasteiger partial charge is 0.374 e. The van der Waals surface area contributed by atoms with Gasteiger partial charge >= 0.3 is 0 Å². The normalized spacial score (nSPS) is 22.2. The van der Waals surface area contributed by atoms with E-state index in [2.05, 4.69) is 5.92 Å². The first-order chi connectivity index (χ1) is 20.3. The molecule has 0 aromatic heterocycles. The van der Waals surface area contributed by atoms with Crippen LogP contribution in [0.3, 0.4) is 0 Å². The van der Waals surface area contributed by atoms with Crippen molar-refractivity contribution >= 4 is 0 Å². The van der Waals surface area contributed by atoms with Gasteiger partial charge in [0.05, 0.1) is 33.0 Å². The van der Waals surface area contributed by atoms with Gasteiger partial charge in [-0.2, -0.15) is 0 Å². The fourth-order valence-corrected chi connectivity index (χ4v) is 4.92. The molecule has 5 nitrogen and oxygen atoms in total. The quantitative estimate of drug-likeness (QED) is 0.182. The fraction of sp³-hybridized carbons (Fsp3) is 0.278. The standard InChI is InChI=1S/C36H36O5/c1-2-32-34(38-24-29-17-9-4-10-18-29)36(40-26-31-21-13-6-14-22-31)35(39-25-30-19-11-5-12-20-30)33(41-32)27-37-23-28-15-7-3-8-16-28/h1,3-22,32-36H,23-27H2/t32?,33-,34+,35-,36-/m1/s1. The summed E-state index contributed by atoms with van der Waals surface area (Å²) in [6.45, 7) is 1.90. The van der Waals surface area contributed by atoms with E-state index in [0.717, 1.165) is 22.3 Å². The lowest BCUT2D eigenvalue weighted by molar-refractivity contribution is -0.261. The van der Waals surface area contributed by atoms with Crippen molar-refractivity contribution in [1.29, 1.82) is 0 Å². The number of terminal acetylenes is 1. The maximum absolute atomic E-state index is 6.62. The molecule has 5 rings (SSSR count). The van der Waals surface area contributed by atoms with E-state index in [1.807, 2.05) is 121 Å². The van der Waals surface area contributed by atoms with E-state index >= 15 is 0 Å².